The van der Waals surface area contributed by atoms with Crippen molar-refractivity contribution in [2.24, 2.45) is 5.92 Å². The minimum absolute atomic E-state index is 0. The number of aryl methyl sites for hydroxylation is 1. The van der Waals surface area contributed by atoms with E-state index in [-0.39, 0.29) is 35.9 Å². The molecule has 136 valence electrons. The Labute approximate surface area is 155 Å². The quantitative estimate of drug-likeness (QED) is 0.626. The topological polar surface area (TPSA) is 104 Å². The molecule has 0 saturated carbocycles. The highest BCUT2D eigenvalue weighted by Crippen LogP contribution is 2.27. The molecule has 7 nitrogen and oxygen atoms in total. The molecule has 3 heterocycles. The fraction of sp³-hybridized carbons (Fsp3) is 0.375. The molecule has 1 saturated heterocycles. The number of amides is 2. The Bertz CT molecular complexity index is 732. The van der Waals surface area contributed by atoms with Crippen molar-refractivity contribution in [1.82, 2.24) is 10.6 Å². The van der Waals surface area contributed by atoms with E-state index in [0.29, 0.717) is 29.5 Å². The lowest BCUT2D eigenvalue weighted by Crippen LogP contribution is -2.34. The van der Waals surface area contributed by atoms with Gasteiger partial charge >= 0.3 is 0 Å². The molecule has 1 fully saturated rings. The normalized spacial score (nSPS) is 19.3. The van der Waals surface area contributed by atoms with E-state index >= 15 is 0 Å². The number of aliphatic hydroxyl groups is 1. The summed E-state index contributed by atoms with van der Waals surface area (Å²) in [7, 11) is 0. The highest BCUT2D eigenvalue weighted by Gasteiger charge is 2.25. The minimum atomic E-state index is -0.433. The first-order chi connectivity index (χ1) is 11.5. The van der Waals surface area contributed by atoms with Gasteiger partial charge in [0.2, 0.25) is 0 Å². The number of halogens is 1. The summed E-state index contributed by atoms with van der Waals surface area (Å²) in [5.74, 6) is -0.314. The molecule has 4 N–H and O–H groups in total. The minimum Gasteiger partial charge on any atom is -0.459 e. The molecule has 0 radical (unpaired) electrons. The molecule has 1 aliphatic heterocycles. The molecule has 2 unspecified atom stereocenters. The SMILES string of the molecule is Cc1cc(NC(=O)c2ccco2)sc1C(=O)NCC1CNCC1O.Cl. The van der Waals surface area contributed by atoms with Crippen LogP contribution < -0.4 is 16.0 Å². The van der Waals surface area contributed by atoms with Crippen molar-refractivity contribution in [1.29, 1.82) is 0 Å². The van der Waals surface area contributed by atoms with Crippen LogP contribution in [0.4, 0.5) is 5.00 Å². The number of aliphatic hydroxyl groups excluding tert-OH is 1. The molecule has 25 heavy (non-hydrogen) atoms. The van der Waals surface area contributed by atoms with Crippen molar-refractivity contribution in [3.05, 3.63) is 40.7 Å². The second kappa shape index (κ2) is 8.48. The fourth-order valence-electron chi connectivity index (χ4n) is 2.58. The largest absolute Gasteiger partial charge is 0.459 e. The lowest BCUT2D eigenvalue weighted by molar-refractivity contribution is 0.0929. The monoisotopic (exact) mass is 385 g/mol. The van der Waals surface area contributed by atoms with Gasteiger partial charge in [-0.3, -0.25) is 9.59 Å². The molecule has 2 atom stereocenters. The van der Waals surface area contributed by atoms with Gasteiger partial charge in [0.1, 0.15) is 0 Å². The summed E-state index contributed by atoms with van der Waals surface area (Å²) in [4.78, 5) is 24.8. The second-order valence-electron chi connectivity index (χ2n) is 5.75. The van der Waals surface area contributed by atoms with Gasteiger partial charge in [-0.2, -0.15) is 0 Å². The van der Waals surface area contributed by atoms with Crippen molar-refractivity contribution in [2.45, 2.75) is 13.0 Å². The van der Waals surface area contributed by atoms with E-state index in [9.17, 15) is 14.7 Å². The van der Waals surface area contributed by atoms with Gasteiger partial charge in [0, 0.05) is 25.6 Å². The van der Waals surface area contributed by atoms with E-state index in [1.165, 1.54) is 17.6 Å². The van der Waals surface area contributed by atoms with Crippen LogP contribution in [-0.2, 0) is 0 Å². The van der Waals surface area contributed by atoms with Crippen LogP contribution in [0.15, 0.2) is 28.9 Å². The van der Waals surface area contributed by atoms with E-state index in [1.54, 1.807) is 18.2 Å². The van der Waals surface area contributed by atoms with E-state index < -0.39 is 6.10 Å². The third-order valence-corrected chi connectivity index (χ3v) is 5.09. The first-order valence-electron chi connectivity index (χ1n) is 7.67. The predicted octanol–water partition coefficient (Wildman–Crippen LogP) is 1.63. The molecular formula is C16H20ClN3O4S. The van der Waals surface area contributed by atoms with Crippen LogP contribution in [0, 0.1) is 12.8 Å². The van der Waals surface area contributed by atoms with Crippen molar-refractivity contribution >= 4 is 40.6 Å². The molecule has 0 aromatic carbocycles. The van der Waals surface area contributed by atoms with Gasteiger partial charge in [0.15, 0.2) is 5.76 Å². The number of hydrogen-bond acceptors (Lipinski definition) is 6. The number of hydrogen-bond donors (Lipinski definition) is 4. The lowest BCUT2D eigenvalue weighted by atomic mass is 10.1. The molecule has 2 amide bonds. The number of carbonyl (C=O) groups excluding carboxylic acids is 2. The Morgan fingerprint density at radius 2 is 2.20 bits per heavy atom. The Kier molecular flexibility index (Phi) is 6.60. The zero-order chi connectivity index (χ0) is 17.1. The van der Waals surface area contributed by atoms with Crippen LogP contribution in [0.3, 0.4) is 0 Å². The summed E-state index contributed by atoms with van der Waals surface area (Å²) in [5, 5.41) is 19.0. The summed E-state index contributed by atoms with van der Waals surface area (Å²) in [6.07, 6.45) is 0.998. The standard InChI is InChI=1S/C16H19N3O4S.ClH/c1-9-5-13(19-15(21)12-3-2-4-23-12)24-14(9)16(22)18-7-10-6-17-8-11(10)20;/h2-5,10-11,17,20H,6-8H2,1H3,(H,18,22)(H,19,21);1H. The van der Waals surface area contributed by atoms with Gasteiger partial charge < -0.3 is 25.5 Å². The molecular weight excluding hydrogens is 366 g/mol. The number of carbonyl (C=O) groups is 2. The molecule has 2 aromatic heterocycles. The maximum absolute atomic E-state index is 12.3. The average Bonchev–Trinajstić information content (AvgIpc) is 3.26. The highest BCUT2D eigenvalue weighted by atomic mass is 35.5. The van der Waals surface area contributed by atoms with Crippen LogP contribution in [0.25, 0.3) is 0 Å². The van der Waals surface area contributed by atoms with E-state index in [4.69, 9.17) is 4.42 Å². The molecule has 1 aliphatic rings. The van der Waals surface area contributed by atoms with Crippen LogP contribution in [0.2, 0.25) is 0 Å². The van der Waals surface area contributed by atoms with Crippen molar-refractivity contribution in [3.8, 4) is 0 Å². The van der Waals surface area contributed by atoms with Crippen LogP contribution in [0.5, 0.6) is 0 Å². The molecule has 0 bridgehead atoms. The molecule has 0 spiro atoms. The zero-order valence-electron chi connectivity index (χ0n) is 13.6. The summed E-state index contributed by atoms with van der Waals surface area (Å²) in [6, 6.07) is 4.97. The number of thiophene rings is 1. The smallest absolute Gasteiger partial charge is 0.291 e. The van der Waals surface area contributed by atoms with Crippen LogP contribution in [-0.4, -0.2) is 42.7 Å². The molecule has 0 aliphatic carbocycles. The molecule has 9 heteroatoms. The maximum atomic E-state index is 12.3. The Morgan fingerprint density at radius 3 is 2.84 bits per heavy atom. The van der Waals surface area contributed by atoms with E-state index in [1.807, 2.05) is 6.92 Å². The number of furan rings is 1. The first kappa shape index (κ1) is 19.5. The second-order valence-corrected chi connectivity index (χ2v) is 6.80. The lowest BCUT2D eigenvalue weighted by Gasteiger charge is -2.13. The van der Waals surface area contributed by atoms with Crippen molar-refractivity contribution < 1.29 is 19.1 Å². The molecule has 2 aromatic rings. The van der Waals surface area contributed by atoms with Gasteiger partial charge in [-0.1, -0.05) is 0 Å². The summed E-state index contributed by atoms with van der Waals surface area (Å²) in [5.41, 5.74) is 0.789. The number of β-amino-alcohol motifs (C(OH)–C–C–N with tert-alkyl or cyclic N) is 1. The first-order valence-corrected chi connectivity index (χ1v) is 8.48. The fourth-order valence-corrected chi connectivity index (χ4v) is 3.57. The number of anilines is 1. The number of rotatable bonds is 5. The van der Waals surface area contributed by atoms with E-state index in [2.05, 4.69) is 16.0 Å². The van der Waals surface area contributed by atoms with Gasteiger partial charge in [-0.15, -0.1) is 23.7 Å². The molecule has 3 rings (SSSR count). The van der Waals surface area contributed by atoms with Gasteiger partial charge in [0.05, 0.1) is 22.2 Å². The van der Waals surface area contributed by atoms with Crippen molar-refractivity contribution in [2.75, 3.05) is 25.0 Å². The number of nitrogens with one attached hydrogen (secondary N) is 3. The third kappa shape index (κ3) is 4.60. The third-order valence-electron chi connectivity index (χ3n) is 3.93. The van der Waals surface area contributed by atoms with Gasteiger partial charge in [0.25, 0.3) is 11.8 Å². The summed E-state index contributed by atoms with van der Waals surface area (Å²) >= 11 is 1.21. The Balaban J connectivity index is 0.00000225. The zero-order valence-corrected chi connectivity index (χ0v) is 15.2. The Morgan fingerprint density at radius 1 is 1.40 bits per heavy atom. The summed E-state index contributed by atoms with van der Waals surface area (Å²) in [6.45, 7) is 3.48. The van der Waals surface area contributed by atoms with Crippen molar-refractivity contribution in [3.63, 3.8) is 0 Å². The highest BCUT2D eigenvalue weighted by molar-refractivity contribution is 7.18. The predicted molar refractivity (Wildman–Crippen MR) is 97.7 cm³/mol. The summed E-state index contributed by atoms with van der Waals surface area (Å²) < 4.78 is 5.04. The van der Waals surface area contributed by atoms with Gasteiger partial charge in [-0.05, 0) is 30.7 Å². The van der Waals surface area contributed by atoms with Crippen LogP contribution in [0.1, 0.15) is 25.8 Å². The van der Waals surface area contributed by atoms with E-state index in [0.717, 1.165) is 5.56 Å². The Hall–Kier alpha value is -1.87. The maximum Gasteiger partial charge on any atom is 0.291 e. The average molecular weight is 386 g/mol. The van der Waals surface area contributed by atoms with Gasteiger partial charge in [-0.25, -0.2) is 0 Å². The van der Waals surface area contributed by atoms with Crippen LogP contribution >= 0.6 is 23.7 Å².